The number of imide groups is 1. The molecule has 0 spiro atoms. The van der Waals surface area contributed by atoms with Crippen molar-refractivity contribution in [2.75, 3.05) is 6.61 Å². The van der Waals surface area contributed by atoms with Gasteiger partial charge in [-0.1, -0.05) is 51.8 Å². The summed E-state index contributed by atoms with van der Waals surface area (Å²) < 4.78 is 13.6. The molecule has 3 aromatic rings. The van der Waals surface area contributed by atoms with Crippen LogP contribution < -0.4 is 9.47 Å². The molecule has 2 amide bonds. The third-order valence-electron chi connectivity index (χ3n) is 5.03. The second kappa shape index (κ2) is 11.8. The van der Waals surface area contributed by atoms with Crippen molar-refractivity contribution in [1.29, 1.82) is 0 Å². The SMILES string of the molecule is CCOc1cc(/C=C2/SC(=O)N(Cc3cccc(Br)c3)C2=O)cc(I)c1OCc1ccc(Cl)cc1. The van der Waals surface area contributed by atoms with Crippen LogP contribution in [0, 0.1) is 3.57 Å². The van der Waals surface area contributed by atoms with Crippen molar-refractivity contribution in [2.45, 2.75) is 20.1 Å². The van der Waals surface area contributed by atoms with Gasteiger partial charge in [-0.05, 0) is 100 Å². The summed E-state index contributed by atoms with van der Waals surface area (Å²) in [7, 11) is 0. The molecule has 9 heteroatoms. The number of nitrogens with zero attached hydrogens (tertiary/aromatic N) is 1. The summed E-state index contributed by atoms with van der Waals surface area (Å²) in [6.07, 6.45) is 1.72. The quantitative estimate of drug-likeness (QED) is 0.178. The predicted octanol–water partition coefficient (Wildman–Crippen LogP) is 7.92. The third-order valence-corrected chi connectivity index (χ3v) is 7.48. The van der Waals surface area contributed by atoms with E-state index in [1.165, 1.54) is 4.90 Å². The van der Waals surface area contributed by atoms with Crippen molar-refractivity contribution >= 4 is 79.1 Å². The minimum absolute atomic E-state index is 0.223. The average Bonchev–Trinajstić information content (AvgIpc) is 3.07. The number of hydrogen-bond donors (Lipinski definition) is 0. The van der Waals surface area contributed by atoms with Crippen LogP contribution in [0.25, 0.3) is 6.08 Å². The molecule has 35 heavy (non-hydrogen) atoms. The number of carbonyl (C=O) groups excluding carboxylic acids is 2. The number of thioether (sulfide) groups is 1. The van der Waals surface area contributed by atoms with Crippen LogP contribution in [-0.2, 0) is 17.9 Å². The Kier molecular flexibility index (Phi) is 8.80. The summed E-state index contributed by atoms with van der Waals surface area (Å²) in [6, 6.07) is 18.8. The molecule has 1 heterocycles. The standard InChI is InChI=1S/C26H20BrClINO4S/c1-2-33-22-12-18(11-21(29)24(22)34-15-16-6-8-20(28)9-7-16)13-23-25(31)30(26(32)35-23)14-17-4-3-5-19(27)10-17/h3-13H,2,14-15H2,1H3/b23-13+. The normalized spacial score (nSPS) is 14.6. The first-order valence-electron chi connectivity index (χ1n) is 10.7. The monoisotopic (exact) mass is 683 g/mol. The van der Waals surface area contributed by atoms with Gasteiger partial charge in [0.15, 0.2) is 11.5 Å². The smallest absolute Gasteiger partial charge is 0.293 e. The molecule has 0 atom stereocenters. The molecule has 0 bridgehead atoms. The van der Waals surface area contributed by atoms with Crippen LogP contribution >= 0.6 is 61.9 Å². The molecule has 1 aliphatic rings. The zero-order valence-electron chi connectivity index (χ0n) is 18.6. The van der Waals surface area contributed by atoms with Crippen molar-refractivity contribution in [3.05, 3.63) is 95.3 Å². The first-order chi connectivity index (χ1) is 16.8. The van der Waals surface area contributed by atoms with Crippen LogP contribution in [0.1, 0.15) is 23.6 Å². The summed E-state index contributed by atoms with van der Waals surface area (Å²) in [5.41, 5.74) is 2.61. The Bertz CT molecular complexity index is 1300. The summed E-state index contributed by atoms with van der Waals surface area (Å²) in [5.74, 6) is 0.895. The van der Waals surface area contributed by atoms with Crippen molar-refractivity contribution in [3.8, 4) is 11.5 Å². The fourth-order valence-corrected chi connectivity index (χ4v) is 5.61. The largest absolute Gasteiger partial charge is 0.490 e. The molecule has 180 valence electrons. The maximum atomic E-state index is 13.0. The summed E-state index contributed by atoms with van der Waals surface area (Å²) in [6.45, 7) is 2.94. The van der Waals surface area contributed by atoms with Crippen molar-refractivity contribution < 1.29 is 19.1 Å². The molecular weight excluding hydrogens is 665 g/mol. The number of benzene rings is 3. The molecule has 5 nitrogen and oxygen atoms in total. The van der Waals surface area contributed by atoms with Crippen LogP contribution in [0.5, 0.6) is 11.5 Å². The van der Waals surface area contributed by atoms with Crippen LogP contribution in [-0.4, -0.2) is 22.7 Å². The molecule has 0 aromatic heterocycles. The summed E-state index contributed by atoms with van der Waals surface area (Å²) in [4.78, 5) is 27.2. The second-order valence-electron chi connectivity index (χ2n) is 7.58. The van der Waals surface area contributed by atoms with Gasteiger partial charge in [-0.3, -0.25) is 14.5 Å². The van der Waals surface area contributed by atoms with Gasteiger partial charge in [0.05, 0.1) is 21.6 Å². The molecule has 0 aliphatic carbocycles. The van der Waals surface area contributed by atoms with E-state index in [0.29, 0.717) is 34.6 Å². The minimum atomic E-state index is -0.309. The van der Waals surface area contributed by atoms with Gasteiger partial charge in [-0.15, -0.1) is 0 Å². The third kappa shape index (κ3) is 6.61. The molecule has 1 aliphatic heterocycles. The van der Waals surface area contributed by atoms with E-state index in [2.05, 4.69) is 38.5 Å². The van der Waals surface area contributed by atoms with E-state index in [9.17, 15) is 9.59 Å². The van der Waals surface area contributed by atoms with E-state index in [1.54, 1.807) is 6.08 Å². The molecular formula is C26H20BrClINO4S. The number of ether oxygens (including phenoxy) is 2. The minimum Gasteiger partial charge on any atom is -0.490 e. The lowest BCUT2D eigenvalue weighted by Crippen LogP contribution is -2.27. The molecule has 3 aromatic carbocycles. The lowest BCUT2D eigenvalue weighted by atomic mass is 10.1. The highest BCUT2D eigenvalue weighted by Gasteiger charge is 2.35. The Morgan fingerprint density at radius 2 is 1.83 bits per heavy atom. The Balaban J connectivity index is 1.55. The topological polar surface area (TPSA) is 55.8 Å². The van der Waals surface area contributed by atoms with Crippen molar-refractivity contribution in [2.24, 2.45) is 0 Å². The highest BCUT2D eigenvalue weighted by molar-refractivity contribution is 14.1. The van der Waals surface area contributed by atoms with Gasteiger partial charge in [0, 0.05) is 9.50 Å². The fourth-order valence-electron chi connectivity index (χ4n) is 3.42. The van der Waals surface area contributed by atoms with Gasteiger partial charge in [-0.2, -0.15) is 0 Å². The Hall–Kier alpha value is -2.01. The van der Waals surface area contributed by atoms with E-state index in [0.717, 1.165) is 36.5 Å². The van der Waals surface area contributed by atoms with Gasteiger partial charge < -0.3 is 9.47 Å². The Labute approximate surface area is 235 Å². The van der Waals surface area contributed by atoms with Crippen LogP contribution in [0.3, 0.4) is 0 Å². The number of amides is 2. The van der Waals surface area contributed by atoms with E-state index < -0.39 is 0 Å². The Morgan fingerprint density at radius 3 is 2.54 bits per heavy atom. The average molecular weight is 685 g/mol. The first kappa shape index (κ1) is 26.1. The van der Waals surface area contributed by atoms with Crippen molar-refractivity contribution in [1.82, 2.24) is 4.90 Å². The second-order valence-corrected chi connectivity index (χ2v) is 11.1. The number of carbonyl (C=O) groups is 2. The fraction of sp³-hybridized carbons (Fsp3) is 0.154. The number of halogens is 3. The molecule has 0 N–H and O–H groups in total. The van der Waals surface area contributed by atoms with E-state index in [4.69, 9.17) is 21.1 Å². The summed E-state index contributed by atoms with van der Waals surface area (Å²) >= 11 is 12.5. The predicted molar refractivity (Wildman–Crippen MR) is 152 cm³/mol. The lowest BCUT2D eigenvalue weighted by Gasteiger charge is -2.15. The first-order valence-corrected chi connectivity index (χ1v) is 13.7. The maximum Gasteiger partial charge on any atom is 0.293 e. The van der Waals surface area contributed by atoms with Gasteiger partial charge >= 0.3 is 0 Å². The van der Waals surface area contributed by atoms with Gasteiger partial charge in [0.1, 0.15) is 6.61 Å². The maximum absolute atomic E-state index is 13.0. The zero-order valence-corrected chi connectivity index (χ0v) is 23.9. The molecule has 0 saturated carbocycles. The van der Waals surface area contributed by atoms with Crippen molar-refractivity contribution in [3.63, 3.8) is 0 Å². The summed E-state index contributed by atoms with van der Waals surface area (Å²) in [5, 5.41) is 0.382. The lowest BCUT2D eigenvalue weighted by molar-refractivity contribution is -0.123. The molecule has 0 radical (unpaired) electrons. The molecule has 1 saturated heterocycles. The van der Waals surface area contributed by atoms with Crippen LogP contribution in [0.4, 0.5) is 4.79 Å². The van der Waals surface area contributed by atoms with Gasteiger partial charge in [0.2, 0.25) is 0 Å². The van der Waals surface area contributed by atoms with Crippen LogP contribution in [0.15, 0.2) is 70.0 Å². The number of rotatable bonds is 8. The molecule has 0 unspecified atom stereocenters. The van der Waals surface area contributed by atoms with Gasteiger partial charge in [-0.25, -0.2) is 0 Å². The Morgan fingerprint density at radius 1 is 1.06 bits per heavy atom. The van der Waals surface area contributed by atoms with Gasteiger partial charge in [0.25, 0.3) is 11.1 Å². The zero-order chi connectivity index (χ0) is 24.9. The number of hydrogen-bond acceptors (Lipinski definition) is 5. The highest BCUT2D eigenvalue weighted by atomic mass is 127. The molecule has 1 fully saturated rings. The van der Waals surface area contributed by atoms with E-state index >= 15 is 0 Å². The molecule has 4 rings (SSSR count). The van der Waals surface area contributed by atoms with E-state index in [1.807, 2.05) is 67.6 Å². The van der Waals surface area contributed by atoms with E-state index in [-0.39, 0.29) is 17.7 Å². The highest BCUT2D eigenvalue weighted by Crippen LogP contribution is 2.38. The van der Waals surface area contributed by atoms with Crippen LogP contribution in [0.2, 0.25) is 5.02 Å².